The van der Waals surface area contributed by atoms with Crippen LogP contribution in [0.4, 0.5) is 11.4 Å². The summed E-state index contributed by atoms with van der Waals surface area (Å²) in [5.41, 5.74) is 6.18. The maximum absolute atomic E-state index is 12.4. The van der Waals surface area contributed by atoms with Gasteiger partial charge in [0.15, 0.2) is 0 Å². The molecular weight excluding hydrogens is 335 g/mol. The fraction of sp³-hybridized carbons (Fsp3) is 0.250. The zero-order valence-corrected chi connectivity index (χ0v) is 13.7. The Balaban J connectivity index is 2.38. The van der Waals surface area contributed by atoms with Gasteiger partial charge in [0.05, 0.1) is 21.9 Å². The topological polar surface area (TPSA) is 90.0 Å². The van der Waals surface area contributed by atoms with Gasteiger partial charge in [-0.3, -0.25) is 9.40 Å². The van der Waals surface area contributed by atoms with E-state index in [4.69, 9.17) is 28.9 Å². The molecule has 0 fully saturated rings. The first-order chi connectivity index (χ1) is 9.70. The quantitative estimate of drug-likeness (QED) is 0.830. The van der Waals surface area contributed by atoms with E-state index in [1.54, 1.807) is 10.9 Å². The minimum Gasteiger partial charge on any atom is -0.399 e. The van der Waals surface area contributed by atoms with Crippen LogP contribution in [-0.2, 0) is 10.0 Å². The number of hydrogen-bond donors (Lipinski definition) is 2. The molecule has 0 atom stereocenters. The molecule has 1 aromatic carbocycles. The normalized spacial score (nSPS) is 11.9. The van der Waals surface area contributed by atoms with Crippen molar-refractivity contribution < 1.29 is 8.42 Å². The van der Waals surface area contributed by atoms with Gasteiger partial charge in [0.25, 0.3) is 10.0 Å². The number of hydrogen-bond acceptors (Lipinski definition) is 4. The first-order valence-electron chi connectivity index (χ1n) is 6.02. The molecule has 0 saturated heterocycles. The van der Waals surface area contributed by atoms with Gasteiger partial charge in [-0.15, -0.1) is 0 Å². The Bertz CT molecular complexity index is 748. The summed E-state index contributed by atoms with van der Waals surface area (Å²) in [6.07, 6.45) is 3.00. The second-order valence-electron chi connectivity index (χ2n) is 4.72. The number of anilines is 2. The predicted octanol–water partition coefficient (Wildman–Crippen LogP) is 3.15. The average Bonchev–Trinajstić information content (AvgIpc) is 2.74. The molecule has 0 saturated carbocycles. The highest BCUT2D eigenvalue weighted by atomic mass is 35.5. The maximum Gasteiger partial charge on any atom is 0.264 e. The second kappa shape index (κ2) is 5.75. The van der Waals surface area contributed by atoms with E-state index in [0.29, 0.717) is 5.69 Å². The Labute approximate surface area is 132 Å². The minimum absolute atomic E-state index is 0.0382. The lowest BCUT2D eigenvalue weighted by atomic mass is 10.3. The Morgan fingerprint density at radius 1 is 1.29 bits per heavy atom. The molecular formula is C12H14Cl2N4O2S. The maximum atomic E-state index is 12.4. The Kier molecular flexibility index (Phi) is 4.36. The number of halogens is 2. The molecule has 3 N–H and O–H groups in total. The molecule has 2 rings (SSSR count). The number of aromatic nitrogens is 2. The van der Waals surface area contributed by atoms with E-state index < -0.39 is 10.0 Å². The van der Waals surface area contributed by atoms with Crippen LogP contribution in [-0.4, -0.2) is 18.2 Å². The summed E-state index contributed by atoms with van der Waals surface area (Å²) in [4.78, 5) is -0.211. The lowest BCUT2D eigenvalue weighted by Crippen LogP contribution is -2.14. The first kappa shape index (κ1) is 15.9. The minimum atomic E-state index is -3.93. The molecule has 0 aliphatic heterocycles. The molecule has 1 aromatic heterocycles. The molecule has 2 aromatic rings. The highest BCUT2D eigenvalue weighted by Gasteiger charge is 2.23. The van der Waals surface area contributed by atoms with Crippen molar-refractivity contribution in [2.24, 2.45) is 0 Å². The van der Waals surface area contributed by atoms with Crippen molar-refractivity contribution in [1.82, 2.24) is 9.78 Å². The summed E-state index contributed by atoms with van der Waals surface area (Å²) >= 11 is 11.9. The number of nitrogens with one attached hydrogen (secondary N) is 1. The van der Waals surface area contributed by atoms with Gasteiger partial charge in [0, 0.05) is 17.9 Å². The SMILES string of the molecule is CC(C)n1cc(NS(=O)(=O)c2c(Cl)cc(N)cc2Cl)cn1. The lowest BCUT2D eigenvalue weighted by molar-refractivity contribution is 0.532. The zero-order chi connectivity index (χ0) is 15.8. The summed E-state index contributed by atoms with van der Waals surface area (Å²) < 4.78 is 28.8. The molecule has 0 amide bonds. The average molecular weight is 349 g/mol. The van der Waals surface area contributed by atoms with Crippen molar-refractivity contribution in [2.45, 2.75) is 24.8 Å². The first-order valence-corrected chi connectivity index (χ1v) is 8.26. The van der Waals surface area contributed by atoms with Gasteiger partial charge in [-0.1, -0.05) is 23.2 Å². The number of sulfonamides is 1. The van der Waals surface area contributed by atoms with Gasteiger partial charge < -0.3 is 5.73 Å². The number of nitrogens with two attached hydrogens (primary N) is 1. The van der Waals surface area contributed by atoms with Gasteiger partial charge in [-0.05, 0) is 26.0 Å². The van der Waals surface area contributed by atoms with Gasteiger partial charge >= 0.3 is 0 Å². The molecule has 0 aliphatic rings. The second-order valence-corrected chi connectivity index (χ2v) is 7.16. The van der Waals surface area contributed by atoms with Crippen LogP contribution >= 0.6 is 23.2 Å². The van der Waals surface area contributed by atoms with E-state index in [2.05, 4.69) is 9.82 Å². The third kappa shape index (κ3) is 3.42. The number of nitrogens with zero attached hydrogens (tertiary/aromatic N) is 2. The fourth-order valence-electron chi connectivity index (χ4n) is 1.72. The molecule has 0 radical (unpaired) electrons. The van der Waals surface area contributed by atoms with Crippen LogP contribution in [0.25, 0.3) is 0 Å². The van der Waals surface area contributed by atoms with Crippen LogP contribution in [0, 0.1) is 0 Å². The number of rotatable bonds is 4. The third-order valence-electron chi connectivity index (χ3n) is 2.67. The van der Waals surface area contributed by atoms with Crippen molar-refractivity contribution in [3.63, 3.8) is 0 Å². The zero-order valence-electron chi connectivity index (χ0n) is 11.3. The van der Waals surface area contributed by atoms with Crippen LogP contribution in [0.1, 0.15) is 19.9 Å². The number of nitrogen functional groups attached to an aromatic ring is 1. The summed E-state index contributed by atoms with van der Waals surface area (Å²) in [5.74, 6) is 0. The Morgan fingerprint density at radius 3 is 2.33 bits per heavy atom. The van der Waals surface area contributed by atoms with Crippen LogP contribution in [0.3, 0.4) is 0 Å². The monoisotopic (exact) mass is 348 g/mol. The summed E-state index contributed by atoms with van der Waals surface area (Å²) in [6, 6.07) is 2.78. The largest absolute Gasteiger partial charge is 0.399 e. The molecule has 21 heavy (non-hydrogen) atoms. The van der Waals surface area contributed by atoms with Crippen LogP contribution in [0.15, 0.2) is 29.4 Å². The van der Waals surface area contributed by atoms with Crippen LogP contribution in [0.5, 0.6) is 0 Å². The molecule has 1 heterocycles. The molecule has 9 heteroatoms. The van der Waals surface area contributed by atoms with Gasteiger partial charge in [-0.25, -0.2) is 8.42 Å². The summed E-state index contributed by atoms with van der Waals surface area (Å²) in [6.45, 7) is 3.86. The van der Waals surface area contributed by atoms with Crippen LogP contribution in [0.2, 0.25) is 10.0 Å². The third-order valence-corrected chi connectivity index (χ3v) is 4.97. The summed E-state index contributed by atoms with van der Waals surface area (Å²) in [5, 5.41) is 3.98. The fourth-order valence-corrected chi connectivity index (χ4v) is 3.98. The van der Waals surface area contributed by atoms with Gasteiger partial charge in [0.2, 0.25) is 0 Å². The van der Waals surface area contributed by atoms with Crippen molar-refractivity contribution in [1.29, 1.82) is 0 Å². The highest BCUT2D eigenvalue weighted by molar-refractivity contribution is 7.93. The molecule has 0 spiro atoms. The van der Waals surface area contributed by atoms with E-state index in [1.165, 1.54) is 18.3 Å². The lowest BCUT2D eigenvalue weighted by Gasteiger charge is -2.10. The molecule has 6 nitrogen and oxygen atoms in total. The Morgan fingerprint density at radius 2 is 1.86 bits per heavy atom. The van der Waals surface area contributed by atoms with Crippen molar-refractivity contribution in [3.8, 4) is 0 Å². The van der Waals surface area contributed by atoms with E-state index in [0.717, 1.165) is 0 Å². The van der Waals surface area contributed by atoms with Crippen molar-refractivity contribution in [2.75, 3.05) is 10.5 Å². The van der Waals surface area contributed by atoms with Crippen LogP contribution < -0.4 is 10.5 Å². The number of benzene rings is 1. The molecule has 0 unspecified atom stereocenters. The van der Waals surface area contributed by atoms with Crippen molar-refractivity contribution in [3.05, 3.63) is 34.6 Å². The van der Waals surface area contributed by atoms with Crippen molar-refractivity contribution >= 4 is 44.6 Å². The smallest absolute Gasteiger partial charge is 0.264 e. The predicted molar refractivity (Wildman–Crippen MR) is 84.3 cm³/mol. The van der Waals surface area contributed by atoms with Gasteiger partial charge in [0.1, 0.15) is 4.90 Å². The molecule has 0 aliphatic carbocycles. The molecule has 0 bridgehead atoms. The Hall–Kier alpha value is -1.44. The standard InChI is InChI=1S/C12H14Cl2N4O2S/c1-7(2)18-6-9(5-16-18)17-21(19,20)12-10(13)3-8(15)4-11(12)14/h3-7,17H,15H2,1-2H3. The van der Waals surface area contributed by atoms with Gasteiger partial charge in [-0.2, -0.15) is 5.10 Å². The molecule has 114 valence electrons. The van der Waals surface area contributed by atoms with E-state index >= 15 is 0 Å². The highest BCUT2D eigenvalue weighted by Crippen LogP contribution is 2.33. The van der Waals surface area contributed by atoms with E-state index in [9.17, 15) is 8.42 Å². The van der Waals surface area contributed by atoms with E-state index in [-0.39, 0.29) is 26.7 Å². The summed E-state index contributed by atoms with van der Waals surface area (Å²) in [7, 11) is -3.93. The van der Waals surface area contributed by atoms with E-state index in [1.807, 2.05) is 13.8 Å².